The highest BCUT2D eigenvalue weighted by atomic mass is 16.6. The summed E-state index contributed by atoms with van der Waals surface area (Å²) >= 11 is 0. The first kappa shape index (κ1) is 23.9. The topological polar surface area (TPSA) is 113 Å². The molecule has 9 nitrogen and oxygen atoms in total. The summed E-state index contributed by atoms with van der Waals surface area (Å²) in [7, 11) is 4.06. The predicted octanol–water partition coefficient (Wildman–Crippen LogP) is 4.10. The second-order valence-electron chi connectivity index (χ2n) is 9.78. The van der Waals surface area contributed by atoms with Crippen LogP contribution >= 0.6 is 0 Å². The molecule has 4 rings (SSSR count). The van der Waals surface area contributed by atoms with Gasteiger partial charge in [-0.1, -0.05) is 0 Å². The summed E-state index contributed by atoms with van der Waals surface area (Å²) in [5.41, 5.74) is 4.01. The van der Waals surface area contributed by atoms with Crippen LogP contribution in [0.4, 0.5) is 17.5 Å². The van der Waals surface area contributed by atoms with Gasteiger partial charge in [-0.15, -0.1) is 0 Å². The molecule has 182 valence electrons. The molecule has 1 saturated carbocycles. The maximum Gasteiger partial charge on any atom is 0.275 e. The molecule has 1 amide bonds. The Labute approximate surface area is 200 Å². The summed E-state index contributed by atoms with van der Waals surface area (Å²) in [6.45, 7) is 3.34. The number of carbonyl (C=O) groups is 1. The van der Waals surface area contributed by atoms with Crippen LogP contribution in [0.2, 0.25) is 0 Å². The highest BCUT2D eigenvalue weighted by molar-refractivity contribution is 5.95. The van der Waals surface area contributed by atoms with E-state index in [-0.39, 0.29) is 23.7 Å². The van der Waals surface area contributed by atoms with Crippen LogP contribution in [-0.2, 0) is 12.8 Å². The quantitative estimate of drug-likeness (QED) is 0.487. The number of fused-ring (bicyclic) bond motifs is 1. The summed E-state index contributed by atoms with van der Waals surface area (Å²) < 4.78 is 0. The zero-order valence-corrected chi connectivity index (χ0v) is 20.5. The van der Waals surface area contributed by atoms with Crippen LogP contribution < -0.4 is 15.5 Å². The van der Waals surface area contributed by atoms with Crippen LogP contribution in [-0.4, -0.2) is 47.0 Å². The highest BCUT2D eigenvalue weighted by Gasteiger charge is 2.26. The number of nitrogens with one attached hydrogen (secondary N) is 2. The molecular weight excluding hydrogens is 432 g/mol. The first-order valence-electron chi connectivity index (χ1n) is 12.1. The van der Waals surface area contributed by atoms with E-state index in [4.69, 9.17) is 9.97 Å². The molecule has 0 bridgehead atoms. The number of nitro benzene ring substituents is 1. The fraction of sp³-hybridized carbons (Fsp3) is 0.560. The third-order valence-electron chi connectivity index (χ3n) is 6.92. The Kier molecular flexibility index (Phi) is 7.00. The number of nitro groups is 1. The number of hydrogen-bond acceptors (Lipinski definition) is 7. The largest absolute Gasteiger partial charge is 0.362 e. The number of benzene rings is 1. The van der Waals surface area contributed by atoms with Gasteiger partial charge in [0.1, 0.15) is 5.82 Å². The summed E-state index contributed by atoms with van der Waals surface area (Å²) in [4.78, 5) is 35.3. The van der Waals surface area contributed by atoms with Gasteiger partial charge in [0.05, 0.1) is 10.6 Å². The van der Waals surface area contributed by atoms with Crippen molar-refractivity contribution in [1.82, 2.24) is 15.3 Å². The molecule has 34 heavy (non-hydrogen) atoms. The molecule has 2 N–H and O–H groups in total. The van der Waals surface area contributed by atoms with Crippen molar-refractivity contribution in [1.29, 1.82) is 0 Å². The van der Waals surface area contributed by atoms with Gasteiger partial charge in [-0.2, -0.15) is 4.98 Å². The maximum absolute atomic E-state index is 12.8. The van der Waals surface area contributed by atoms with Gasteiger partial charge in [-0.05, 0) is 77.3 Å². The van der Waals surface area contributed by atoms with Crippen molar-refractivity contribution in [3.05, 3.63) is 50.2 Å². The minimum absolute atomic E-state index is 0.0740. The van der Waals surface area contributed by atoms with Crippen LogP contribution in [0.5, 0.6) is 0 Å². The Morgan fingerprint density at radius 2 is 1.65 bits per heavy atom. The predicted molar refractivity (Wildman–Crippen MR) is 133 cm³/mol. The molecule has 1 heterocycles. The molecule has 2 aliphatic carbocycles. The number of hydrogen-bond donors (Lipinski definition) is 2. The van der Waals surface area contributed by atoms with E-state index in [0.717, 1.165) is 44.3 Å². The Morgan fingerprint density at radius 1 is 1.03 bits per heavy atom. The highest BCUT2D eigenvalue weighted by Crippen LogP contribution is 2.30. The van der Waals surface area contributed by atoms with E-state index in [1.54, 1.807) is 26.0 Å². The van der Waals surface area contributed by atoms with Crippen molar-refractivity contribution >= 4 is 23.4 Å². The van der Waals surface area contributed by atoms with Crippen LogP contribution in [0.3, 0.4) is 0 Å². The minimum Gasteiger partial charge on any atom is -0.362 e. The van der Waals surface area contributed by atoms with Crippen LogP contribution in [0.25, 0.3) is 0 Å². The Hall–Kier alpha value is -3.23. The Morgan fingerprint density at radius 3 is 2.26 bits per heavy atom. The maximum atomic E-state index is 12.8. The van der Waals surface area contributed by atoms with Gasteiger partial charge in [0.25, 0.3) is 11.6 Å². The summed E-state index contributed by atoms with van der Waals surface area (Å²) in [5, 5.41) is 17.9. The lowest BCUT2D eigenvalue weighted by atomic mass is 9.91. The molecule has 1 fully saturated rings. The lowest BCUT2D eigenvalue weighted by molar-refractivity contribution is -0.386. The molecular formula is C25H34N6O3. The van der Waals surface area contributed by atoms with Crippen molar-refractivity contribution < 1.29 is 9.72 Å². The van der Waals surface area contributed by atoms with Crippen molar-refractivity contribution in [2.75, 3.05) is 24.3 Å². The van der Waals surface area contributed by atoms with E-state index >= 15 is 0 Å². The van der Waals surface area contributed by atoms with Gasteiger partial charge in [-0.25, -0.2) is 4.98 Å². The van der Waals surface area contributed by atoms with Gasteiger partial charge in [-0.3, -0.25) is 14.9 Å². The first-order valence-corrected chi connectivity index (χ1v) is 12.1. The van der Waals surface area contributed by atoms with Gasteiger partial charge in [0.2, 0.25) is 5.95 Å². The van der Waals surface area contributed by atoms with E-state index in [1.807, 2.05) is 14.1 Å². The fourth-order valence-corrected chi connectivity index (χ4v) is 5.22. The van der Waals surface area contributed by atoms with Crippen molar-refractivity contribution in [3.8, 4) is 0 Å². The van der Waals surface area contributed by atoms with E-state index < -0.39 is 4.92 Å². The molecule has 1 aromatic carbocycles. The SMILES string of the molecule is Cc1cc(C(=O)N[C@H]2CC[C@@H](Nc3nc4c(c(N(C)C)n3)CCCC4)CC2)cc(C)c1[N+](=O)[O-]. The fourth-order valence-electron chi connectivity index (χ4n) is 5.22. The Balaban J connectivity index is 1.36. The van der Waals surface area contributed by atoms with Gasteiger partial charge >= 0.3 is 0 Å². The van der Waals surface area contributed by atoms with Crippen LogP contribution in [0.1, 0.15) is 71.3 Å². The number of anilines is 2. The number of aryl methyl sites for hydroxylation is 3. The second kappa shape index (κ2) is 9.95. The average Bonchev–Trinajstić information content (AvgIpc) is 2.79. The molecule has 0 saturated heterocycles. The normalized spacial score (nSPS) is 19.8. The summed E-state index contributed by atoms with van der Waals surface area (Å²) in [5.74, 6) is 1.54. The van der Waals surface area contributed by atoms with E-state index in [9.17, 15) is 14.9 Å². The number of carbonyl (C=O) groups excluding carboxylic acids is 1. The van der Waals surface area contributed by atoms with Crippen LogP contribution in [0.15, 0.2) is 12.1 Å². The molecule has 0 atom stereocenters. The standard InChI is InChI=1S/C25H34N6O3/c1-15-13-17(14-16(2)22(15)31(33)34)24(32)26-18-9-11-19(12-10-18)27-25-28-21-8-6-5-7-20(21)23(29-25)30(3)4/h13-14,18-19H,5-12H2,1-4H3,(H,26,32)(H,27,28,29)/t18-,19+. The number of aromatic nitrogens is 2. The lowest BCUT2D eigenvalue weighted by Gasteiger charge is -2.30. The van der Waals surface area contributed by atoms with Crippen molar-refractivity contribution in [3.63, 3.8) is 0 Å². The smallest absolute Gasteiger partial charge is 0.275 e. The van der Waals surface area contributed by atoms with Gasteiger partial charge in [0, 0.05) is 48.4 Å². The van der Waals surface area contributed by atoms with Gasteiger partial charge in [0.15, 0.2) is 0 Å². The molecule has 0 radical (unpaired) electrons. The molecule has 2 aromatic rings. The monoisotopic (exact) mass is 466 g/mol. The van der Waals surface area contributed by atoms with E-state index in [2.05, 4.69) is 15.5 Å². The number of nitrogens with zero attached hydrogens (tertiary/aromatic N) is 4. The lowest BCUT2D eigenvalue weighted by Crippen LogP contribution is -2.40. The zero-order valence-electron chi connectivity index (χ0n) is 20.5. The first-order chi connectivity index (χ1) is 16.2. The number of amides is 1. The minimum atomic E-state index is -0.394. The third kappa shape index (κ3) is 5.13. The molecule has 0 unspecified atom stereocenters. The number of rotatable bonds is 6. The van der Waals surface area contributed by atoms with Crippen molar-refractivity contribution in [2.45, 2.75) is 77.3 Å². The van der Waals surface area contributed by atoms with Crippen molar-refractivity contribution in [2.24, 2.45) is 0 Å². The molecule has 0 aliphatic heterocycles. The molecule has 2 aliphatic rings. The third-order valence-corrected chi connectivity index (χ3v) is 6.92. The summed E-state index contributed by atoms with van der Waals surface area (Å²) in [6, 6.07) is 3.56. The van der Waals surface area contributed by atoms with Crippen LogP contribution in [0, 0.1) is 24.0 Å². The van der Waals surface area contributed by atoms with E-state index in [0.29, 0.717) is 22.6 Å². The zero-order chi connectivity index (χ0) is 24.4. The molecule has 1 aromatic heterocycles. The Bertz CT molecular complexity index is 1070. The molecule has 0 spiro atoms. The summed E-state index contributed by atoms with van der Waals surface area (Å²) in [6.07, 6.45) is 7.98. The van der Waals surface area contributed by atoms with E-state index in [1.165, 1.54) is 24.1 Å². The molecule has 9 heteroatoms. The second-order valence-corrected chi connectivity index (χ2v) is 9.78. The van der Waals surface area contributed by atoms with Gasteiger partial charge < -0.3 is 15.5 Å². The average molecular weight is 467 g/mol.